The van der Waals surface area contributed by atoms with Crippen molar-refractivity contribution in [1.82, 2.24) is 0 Å². The number of ether oxygens (including phenoxy) is 1. The lowest BCUT2D eigenvalue weighted by Crippen LogP contribution is -2.29. The van der Waals surface area contributed by atoms with Gasteiger partial charge in [0.2, 0.25) is 0 Å². The molecule has 0 spiro atoms. The van der Waals surface area contributed by atoms with Crippen molar-refractivity contribution in [2.24, 2.45) is 0 Å². The lowest BCUT2D eigenvalue weighted by atomic mass is 10.0. The van der Waals surface area contributed by atoms with E-state index >= 15 is 0 Å². The average Bonchev–Trinajstić information content (AvgIpc) is 2.29. The first-order valence-electron chi connectivity index (χ1n) is 5.69. The molecule has 2 atom stereocenters. The topological polar surface area (TPSA) is 52.6 Å². The fourth-order valence-corrected chi connectivity index (χ4v) is 2.76. The van der Waals surface area contributed by atoms with Crippen LogP contribution in [0.25, 0.3) is 0 Å². The summed E-state index contributed by atoms with van der Waals surface area (Å²) in [5.41, 5.74) is 1.05. The van der Waals surface area contributed by atoms with E-state index in [1.165, 1.54) is 0 Å². The summed E-state index contributed by atoms with van der Waals surface area (Å²) in [4.78, 5) is 0. The van der Waals surface area contributed by atoms with E-state index < -0.39 is 10.1 Å². The first kappa shape index (κ1) is 13.8. The molecule has 1 aliphatic heterocycles. The molecule has 0 amide bonds. The van der Waals surface area contributed by atoms with Gasteiger partial charge in [0.25, 0.3) is 10.1 Å². The molecule has 0 aromatic heterocycles. The Labute approximate surface area is 112 Å². The molecule has 1 fully saturated rings. The van der Waals surface area contributed by atoms with Crippen molar-refractivity contribution in [3.05, 3.63) is 34.9 Å². The minimum absolute atomic E-state index is 0.0123. The monoisotopic (exact) mass is 290 g/mol. The summed E-state index contributed by atoms with van der Waals surface area (Å²) in [5.74, 6) is 0. The summed E-state index contributed by atoms with van der Waals surface area (Å²) in [5, 5.41) is 0.688. The van der Waals surface area contributed by atoms with E-state index in [1.807, 2.05) is 24.3 Å². The third-order valence-electron chi connectivity index (χ3n) is 2.79. The molecule has 2 unspecified atom stereocenters. The van der Waals surface area contributed by atoms with Crippen LogP contribution in [0.15, 0.2) is 24.3 Å². The number of hydrogen-bond donors (Lipinski definition) is 0. The quantitative estimate of drug-likeness (QED) is 0.803. The van der Waals surface area contributed by atoms with Crippen molar-refractivity contribution in [3.8, 4) is 0 Å². The summed E-state index contributed by atoms with van der Waals surface area (Å²) >= 11 is 5.82. The molecule has 1 aliphatic rings. The molecule has 1 heterocycles. The molecule has 1 saturated heterocycles. The zero-order valence-corrected chi connectivity index (χ0v) is 11.6. The highest BCUT2D eigenvalue weighted by molar-refractivity contribution is 7.86. The standard InChI is InChI=1S/C12H15ClO4S/c1-18(14,15)17-11-6-7-12(16-8-11)9-2-4-10(13)5-3-9/h2-5,11-12H,6-8H2,1H3. The van der Waals surface area contributed by atoms with Crippen LogP contribution < -0.4 is 0 Å². The highest BCUT2D eigenvalue weighted by atomic mass is 35.5. The average molecular weight is 291 g/mol. The molecule has 0 bridgehead atoms. The SMILES string of the molecule is CS(=O)(=O)OC1CCC(c2ccc(Cl)cc2)OC1. The zero-order chi connectivity index (χ0) is 13.2. The van der Waals surface area contributed by atoms with Crippen LogP contribution in [0.1, 0.15) is 24.5 Å². The van der Waals surface area contributed by atoms with E-state index in [1.54, 1.807) is 0 Å². The summed E-state index contributed by atoms with van der Waals surface area (Å²) in [6, 6.07) is 7.48. The highest BCUT2D eigenvalue weighted by Gasteiger charge is 2.25. The predicted octanol–water partition coefficient (Wildman–Crippen LogP) is 2.54. The van der Waals surface area contributed by atoms with Gasteiger partial charge in [0.1, 0.15) is 6.10 Å². The van der Waals surface area contributed by atoms with Gasteiger partial charge >= 0.3 is 0 Å². The number of halogens is 1. The third kappa shape index (κ3) is 3.95. The minimum Gasteiger partial charge on any atom is -0.371 e. The number of benzene rings is 1. The number of rotatable bonds is 3. The van der Waals surface area contributed by atoms with Crippen LogP contribution in [0.2, 0.25) is 5.02 Å². The first-order valence-corrected chi connectivity index (χ1v) is 7.89. The fraction of sp³-hybridized carbons (Fsp3) is 0.500. The van der Waals surface area contributed by atoms with Crippen molar-refractivity contribution >= 4 is 21.7 Å². The Morgan fingerprint density at radius 2 is 1.94 bits per heavy atom. The Hall–Kier alpha value is -0.620. The second-order valence-corrected chi connectivity index (χ2v) is 6.41. The van der Waals surface area contributed by atoms with Crippen LogP contribution >= 0.6 is 11.6 Å². The van der Waals surface area contributed by atoms with Gasteiger partial charge in [-0.3, -0.25) is 4.18 Å². The van der Waals surface area contributed by atoms with Crippen LogP contribution in [-0.4, -0.2) is 27.4 Å². The predicted molar refractivity (Wildman–Crippen MR) is 69.1 cm³/mol. The number of hydrogen-bond acceptors (Lipinski definition) is 4. The van der Waals surface area contributed by atoms with Crippen molar-refractivity contribution in [2.45, 2.75) is 25.0 Å². The van der Waals surface area contributed by atoms with Crippen molar-refractivity contribution in [3.63, 3.8) is 0 Å². The maximum atomic E-state index is 11.0. The van der Waals surface area contributed by atoms with Crippen molar-refractivity contribution in [2.75, 3.05) is 12.9 Å². The van der Waals surface area contributed by atoms with Gasteiger partial charge in [-0.1, -0.05) is 23.7 Å². The van der Waals surface area contributed by atoms with Gasteiger partial charge in [-0.2, -0.15) is 8.42 Å². The van der Waals surface area contributed by atoms with Gasteiger partial charge < -0.3 is 4.74 Å². The lowest BCUT2D eigenvalue weighted by molar-refractivity contribution is -0.0451. The second kappa shape index (κ2) is 5.57. The third-order valence-corrected chi connectivity index (χ3v) is 3.66. The highest BCUT2D eigenvalue weighted by Crippen LogP contribution is 2.30. The maximum absolute atomic E-state index is 11.0. The van der Waals surface area contributed by atoms with Gasteiger partial charge in [0, 0.05) is 5.02 Å². The molecule has 0 aliphatic carbocycles. The molecule has 2 rings (SSSR count). The minimum atomic E-state index is -3.41. The Morgan fingerprint density at radius 1 is 1.28 bits per heavy atom. The van der Waals surface area contributed by atoms with Crippen LogP contribution in [0.4, 0.5) is 0 Å². The largest absolute Gasteiger partial charge is 0.371 e. The molecule has 0 radical (unpaired) electrons. The molecule has 1 aromatic rings. The maximum Gasteiger partial charge on any atom is 0.264 e. The molecular weight excluding hydrogens is 276 g/mol. The van der Waals surface area contributed by atoms with Crippen LogP contribution in [0, 0.1) is 0 Å². The Bertz CT molecular complexity index is 489. The van der Waals surface area contributed by atoms with E-state index in [0.717, 1.165) is 18.2 Å². The van der Waals surface area contributed by atoms with E-state index in [4.69, 9.17) is 20.5 Å². The Kier molecular flexibility index (Phi) is 4.27. The van der Waals surface area contributed by atoms with Gasteiger partial charge in [-0.15, -0.1) is 0 Å². The molecular formula is C12H15ClO4S. The molecule has 18 heavy (non-hydrogen) atoms. The smallest absolute Gasteiger partial charge is 0.264 e. The van der Waals surface area contributed by atoms with E-state index in [9.17, 15) is 8.42 Å². The van der Waals surface area contributed by atoms with Gasteiger partial charge in [-0.05, 0) is 30.5 Å². The fourth-order valence-electron chi connectivity index (χ4n) is 1.99. The Morgan fingerprint density at radius 3 is 2.44 bits per heavy atom. The molecule has 100 valence electrons. The summed E-state index contributed by atoms with van der Waals surface area (Å²) in [6.07, 6.45) is 2.07. The van der Waals surface area contributed by atoms with E-state index in [0.29, 0.717) is 18.1 Å². The van der Waals surface area contributed by atoms with Crippen LogP contribution in [0.3, 0.4) is 0 Å². The van der Waals surface area contributed by atoms with Crippen LogP contribution in [-0.2, 0) is 19.0 Å². The first-order chi connectivity index (χ1) is 8.44. The summed E-state index contributed by atoms with van der Waals surface area (Å²) in [6.45, 7) is 0.292. The molecule has 1 aromatic carbocycles. The van der Waals surface area contributed by atoms with Crippen LogP contribution in [0.5, 0.6) is 0 Å². The molecule has 6 heteroatoms. The Balaban J connectivity index is 1.92. The summed E-state index contributed by atoms with van der Waals surface area (Å²) < 4.78 is 32.5. The van der Waals surface area contributed by atoms with E-state index in [-0.39, 0.29) is 12.2 Å². The lowest BCUT2D eigenvalue weighted by Gasteiger charge is -2.28. The van der Waals surface area contributed by atoms with Gasteiger partial charge in [0.15, 0.2) is 0 Å². The van der Waals surface area contributed by atoms with Crippen molar-refractivity contribution in [1.29, 1.82) is 0 Å². The molecule has 4 nitrogen and oxygen atoms in total. The molecule has 0 saturated carbocycles. The second-order valence-electron chi connectivity index (χ2n) is 4.37. The normalized spacial score (nSPS) is 25.0. The van der Waals surface area contributed by atoms with Gasteiger partial charge in [-0.25, -0.2) is 0 Å². The summed E-state index contributed by atoms with van der Waals surface area (Å²) in [7, 11) is -3.41. The zero-order valence-electron chi connectivity index (χ0n) is 10.0. The molecule has 0 N–H and O–H groups in total. The van der Waals surface area contributed by atoms with Crippen molar-refractivity contribution < 1.29 is 17.3 Å². The van der Waals surface area contributed by atoms with Gasteiger partial charge in [0.05, 0.1) is 19.0 Å². The van der Waals surface area contributed by atoms with E-state index in [2.05, 4.69) is 0 Å².